The van der Waals surface area contributed by atoms with Gasteiger partial charge < -0.3 is 5.32 Å². The highest BCUT2D eigenvalue weighted by molar-refractivity contribution is 9.10. The summed E-state index contributed by atoms with van der Waals surface area (Å²) in [5, 5.41) is 13.1. The van der Waals surface area contributed by atoms with Crippen molar-refractivity contribution in [3.63, 3.8) is 0 Å². The van der Waals surface area contributed by atoms with Crippen LogP contribution in [0.1, 0.15) is 5.56 Å². The number of nitrogens with zero attached hydrogens (tertiary/aromatic N) is 2. The molecule has 0 fully saturated rings. The minimum Gasteiger partial charge on any atom is -0.307 e. The van der Waals surface area contributed by atoms with E-state index < -0.39 is 4.92 Å². The molecule has 2 aromatic rings. The van der Waals surface area contributed by atoms with E-state index in [4.69, 9.17) is 0 Å². The minimum atomic E-state index is -0.473. The van der Waals surface area contributed by atoms with Crippen molar-refractivity contribution in [1.82, 2.24) is 4.98 Å². The van der Waals surface area contributed by atoms with Crippen LogP contribution in [0.4, 0.5) is 11.5 Å². The molecule has 1 heterocycles. The molecule has 2 rings (SSSR count). The Kier molecular flexibility index (Phi) is 4.78. The Morgan fingerprint density at radius 2 is 1.95 bits per heavy atom. The van der Waals surface area contributed by atoms with Crippen LogP contribution in [0.25, 0.3) is 6.08 Å². The zero-order valence-corrected chi connectivity index (χ0v) is 12.3. The maximum Gasteiger partial charge on any atom is 0.269 e. The number of amides is 1. The molecule has 0 spiro atoms. The Hall–Kier alpha value is -2.54. The van der Waals surface area contributed by atoms with Crippen molar-refractivity contribution in [3.05, 3.63) is 68.8 Å². The van der Waals surface area contributed by atoms with E-state index in [1.165, 1.54) is 18.2 Å². The summed E-state index contributed by atoms with van der Waals surface area (Å²) in [7, 11) is 0. The molecule has 0 bridgehead atoms. The number of nitro groups is 1. The SMILES string of the molecule is O=C(/C=C/c1ccc([N+](=O)[O-])cc1)Nc1ccc(Br)cn1. The van der Waals surface area contributed by atoms with E-state index in [1.807, 2.05) is 0 Å². The molecule has 106 valence electrons. The molecule has 1 aromatic heterocycles. The summed E-state index contributed by atoms with van der Waals surface area (Å²) in [5.74, 6) is 0.111. The summed E-state index contributed by atoms with van der Waals surface area (Å²) < 4.78 is 0.821. The Labute approximate surface area is 128 Å². The second-order valence-corrected chi connectivity index (χ2v) is 4.95. The standard InChI is InChI=1S/C14H10BrN3O3/c15-11-4-7-13(16-9-11)17-14(19)8-3-10-1-5-12(6-2-10)18(20)21/h1-9H,(H,16,17,19)/b8-3+. The predicted molar refractivity (Wildman–Crippen MR) is 82.7 cm³/mol. The lowest BCUT2D eigenvalue weighted by molar-refractivity contribution is -0.384. The quantitative estimate of drug-likeness (QED) is 0.521. The third kappa shape index (κ3) is 4.50. The second-order valence-electron chi connectivity index (χ2n) is 4.03. The van der Waals surface area contributed by atoms with E-state index in [2.05, 4.69) is 26.2 Å². The zero-order chi connectivity index (χ0) is 15.2. The van der Waals surface area contributed by atoms with Gasteiger partial charge in [0.15, 0.2) is 0 Å². The van der Waals surface area contributed by atoms with Gasteiger partial charge in [-0.3, -0.25) is 14.9 Å². The lowest BCUT2D eigenvalue weighted by Crippen LogP contribution is -2.08. The zero-order valence-electron chi connectivity index (χ0n) is 10.7. The van der Waals surface area contributed by atoms with Crippen LogP contribution < -0.4 is 5.32 Å². The van der Waals surface area contributed by atoms with Crippen LogP contribution in [-0.2, 0) is 4.79 Å². The third-order valence-electron chi connectivity index (χ3n) is 2.51. The fraction of sp³-hybridized carbons (Fsp3) is 0. The summed E-state index contributed by atoms with van der Waals surface area (Å²) in [6.45, 7) is 0. The van der Waals surface area contributed by atoms with Crippen molar-refractivity contribution >= 4 is 39.4 Å². The number of hydrogen-bond donors (Lipinski definition) is 1. The average Bonchev–Trinajstić information content (AvgIpc) is 2.48. The van der Waals surface area contributed by atoms with Crippen LogP contribution in [0.3, 0.4) is 0 Å². The Morgan fingerprint density at radius 3 is 2.52 bits per heavy atom. The van der Waals surface area contributed by atoms with Gasteiger partial charge in [-0.2, -0.15) is 0 Å². The Balaban J connectivity index is 1.98. The number of non-ortho nitro benzene ring substituents is 1. The van der Waals surface area contributed by atoms with E-state index in [9.17, 15) is 14.9 Å². The van der Waals surface area contributed by atoms with E-state index in [0.717, 1.165) is 4.47 Å². The molecule has 1 aromatic carbocycles. The van der Waals surface area contributed by atoms with Gasteiger partial charge in [0.25, 0.3) is 5.69 Å². The highest BCUT2D eigenvalue weighted by Gasteiger charge is 2.03. The van der Waals surface area contributed by atoms with Crippen molar-refractivity contribution in [2.24, 2.45) is 0 Å². The molecule has 0 saturated heterocycles. The molecule has 0 atom stereocenters. The first kappa shape index (κ1) is 14.9. The maximum absolute atomic E-state index is 11.7. The van der Waals surface area contributed by atoms with Crippen LogP contribution in [0.2, 0.25) is 0 Å². The van der Waals surface area contributed by atoms with Crippen LogP contribution in [0.15, 0.2) is 53.1 Å². The number of anilines is 1. The summed E-state index contributed by atoms with van der Waals surface area (Å²) in [6.07, 6.45) is 4.48. The third-order valence-corrected chi connectivity index (χ3v) is 2.98. The van der Waals surface area contributed by atoms with E-state index in [0.29, 0.717) is 11.4 Å². The number of nitro benzene ring substituents is 1. The molecular weight excluding hydrogens is 338 g/mol. The Bertz CT molecular complexity index is 682. The van der Waals surface area contributed by atoms with Crippen LogP contribution in [-0.4, -0.2) is 15.8 Å². The average molecular weight is 348 g/mol. The number of carbonyl (C=O) groups is 1. The van der Waals surface area contributed by atoms with Crippen LogP contribution in [0, 0.1) is 10.1 Å². The maximum atomic E-state index is 11.7. The largest absolute Gasteiger partial charge is 0.307 e. The molecule has 0 unspecified atom stereocenters. The Morgan fingerprint density at radius 1 is 1.24 bits per heavy atom. The highest BCUT2D eigenvalue weighted by Crippen LogP contribution is 2.13. The van der Waals surface area contributed by atoms with E-state index >= 15 is 0 Å². The van der Waals surface area contributed by atoms with Crippen LogP contribution >= 0.6 is 15.9 Å². The van der Waals surface area contributed by atoms with Gasteiger partial charge in [0.1, 0.15) is 5.82 Å². The summed E-state index contributed by atoms with van der Waals surface area (Å²) >= 11 is 3.25. The number of hydrogen-bond acceptors (Lipinski definition) is 4. The van der Waals surface area contributed by atoms with Gasteiger partial charge in [0.2, 0.25) is 5.91 Å². The molecule has 0 aliphatic heterocycles. The van der Waals surface area contributed by atoms with Gasteiger partial charge in [0.05, 0.1) is 4.92 Å². The number of aromatic nitrogens is 1. The van der Waals surface area contributed by atoms with Crippen molar-refractivity contribution in [2.45, 2.75) is 0 Å². The first-order valence-corrected chi connectivity index (χ1v) is 6.69. The molecule has 0 aliphatic carbocycles. The van der Waals surface area contributed by atoms with Crippen molar-refractivity contribution in [1.29, 1.82) is 0 Å². The van der Waals surface area contributed by atoms with Gasteiger partial charge in [-0.15, -0.1) is 0 Å². The van der Waals surface area contributed by atoms with Crippen molar-refractivity contribution in [2.75, 3.05) is 5.32 Å². The number of carbonyl (C=O) groups excluding carboxylic acids is 1. The minimum absolute atomic E-state index is 0.00987. The first-order valence-electron chi connectivity index (χ1n) is 5.90. The highest BCUT2D eigenvalue weighted by atomic mass is 79.9. The molecule has 0 saturated carbocycles. The van der Waals surface area contributed by atoms with Gasteiger partial charge in [-0.1, -0.05) is 0 Å². The van der Waals surface area contributed by atoms with Crippen LogP contribution in [0.5, 0.6) is 0 Å². The molecule has 1 N–H and O–H groups in total. The summed E-state index contributed by atoms with van der Waals surface area (Å²) in [4.78, 5) is 25.8. The second kappa shape index (κ2) is 6.76. The number of nitrogens with one attached hydrogen (secondary N) is 1. The van der Waals surface area contributed by atoms with Gasteiger partial charge >= 0.3 is 0 Å². The lowest BCUT2D eigenvalue weighted by Gasteiger charge is -2.00. The smallest absolute Gasteiger partial charge is 0.269 e. The number of rotatable bonds is 4. The molecule has 0 radical (unpaired) electrons. The normalized spacial score (nSPS) is 10.5. The first-order chi connectivity index (χ1) is 10.0. The molecular formula is C14H10BrN3O3. The van der Waals surface area contributed by atoms with Gasteiger partial charge in [0, 0.05) is 28.9 Å². The molecule has 6 nitrogen and oxygen atoms in total. The lowest BCUT2D eigenvalue weighted by atomic mass is 10.2. The predicted octanol–water partition coefficient (Wildman–Crippen LogP) is 3.40. The molecule has 21 heavy (non-hydrogen) atoms. The van der Waals surface area contributed by atoms with Gasteiger partial charge in [-0.25, -0.2) is 4.98 Å². The van der Waals surface area contributed by atoms with Gasteiger partial charge in [-0.05, 0) is 51.8 Å². The van der Waals surface area contributed by atoms with E-state index in [1.54, 1.807) is 36.5 Å². The fourth-order valence-corrected chi connectivity index (χ4v) is 1.73. The molecule has 0 aliphatic rings. The number of pyridine rings is 1. The summed E-state index contributed by atoms with van der Waals surface area (Å²) in [6, 6.07) is 9.34. The molecule has 1 amide bonds. The van der Waals surface area contributed by atoms with Crippen molar-refractivity contribution in [3.8, 4) is 0 Å². The topological polar surface area (TPSA) is 85.1 Å². The monoisotopic (exact) mass is 347 g/mol. The fourth-order valence-electron chi connectivity index (χ4n) is 1.50. The molecule has 7 heteroatoms. The summed E-state index contributed by atoms with van der Waals surface area (Å²) in [5.41, 5.74) is 0.704. The number of benzene rings is 1. The van der Waals surface area contributed by atoms with Crippen molar-refractivity contribution < 1.29 is 9.72 Å². The van der Waals surface area contributed by atoms with E-state index in [-0.39, 0.29) is 11.6 Å². The number of halogens is 1.